The van der Waals surface area contributed by atoms with E-state index in [1.165, 1.54) is 13.0 Å². The summed E-state index contributed by atoms with van der Waals surface area (Å²) in [4.78, 5) is 26.8. The molecule has 2 atom stereocenters. The summed E-state index contributed by atoms with van der Waals surface area (Å²) in [7, 11) is 3.83. The van der Waals surface area contributed by atoms with Crippen molar-refractivity contribution in [1.29, 1.82) is 5.26 Å². The lowest BCUT2D eigenvalue weighted by molar-refractivity contribution is -0.151. The van der Waals surface area contributed by atoms with Crippen molar-refractivity contribution in [2.24, 2.45) is 0 Å². The largest absolute Gasteiger partial charge is 0.448 e. The monoisotopic (exact) mass is 459 g/mol. The van der Waals surface area contributed by atoms with Crippen molar-refractivity contribution in [1.82, 2.24) is 5.32 Å². The van der Waals surface area contributed by atoms with Gasteiger partial charge in [0.05, 0.1) is 6.04 Å². The molecule has 6 nitrogen and oxygen atoms in total. The van der Waals surface area contributed by atoms with E-state index in [0.29, 0.717) is 21.2 Å². The van der Waals surface area contributed by atoms with Gasteiger partial charge < -0.3 is 15.0 Å². The molecule has 0 fully saturated rings. The summed E-state index contributed by atoms with van der Waals surface area (Å²) in [5.41, 5.74) is 2.13. The van der Waals surface area contributed by atoms with Gasteiger partial charge in [0, 0.05) is 29.8 Å². The Morgan fingerprint density at radius 2 is 1.77 bits per heavy atom. The Balaban J connectivity index is 2.03. The molecular weight excluding hydrogens is 437 g/mol. The fraction of sp³-hybridized carbons (Fsp3) is 0.261. The van der Waals surface area contributed by atoms with Crippen LogP contribution in [0.3, 0.4) is 0 Å². The van der Waals surface area contributed by atoms with Crippen LogP contribution < -0.4 is 10.2 Å². The van der Waals surface area contributed by atoms with Crippen molar-refractivity contribution in [3.8, 4) is 6.07 Å². The minimum absolute atomic E-state index is 0.203. The van der Waals surface area contributed by atoms with Crippen LogP contribution in [0.25, 0.3) is 6.08 Å². The molecule has 0 aromatic heterocycles. The normalized spacial score (nSPS) is 13.0. The molecular formula is C23H23Cl2N3O3. The molecule has 0 aliphatic carbocycles. The third-order valence-corrected chi connectivity index (χ3v) is 5.06. The number of nitrogens with zero attached hydrogens (tertiary/aromatic N) is 2. The second-order valence-corrected chi connectivity index (χ2v) is 7.94. The number of nitrogens with one attached hydrogen (secondary N) is 1. The van der Waals surface area contributed by atoms with Crippen LogP contribution in [0.4, 0.5) is 5.69 Å². The van der Waals surface area contributed by atoms with Crippen molar-refractivity contribution < 1.29 is 14.3 Å². The van der Waals surface area contributed by atoms with Gasteiger partial charge in [-0.15, -0.1) is 0 Å². The molecule has 2 rings (SSSR count). The lowest BCUT2D eigenvalue weighted by Crippen LogP contribution is -2.37. The van der Waals surface area contributed by atoms with E-state index in [1.54, 1.807) is 37.3 Å². The number of nitriles is 1. The zero-order valence-corrected chi connectivity index (χ0v) is 19.2. The molecule has 0 radical (unpaired) electrons. The summed E-state index contributed by atoms with van der Waals surface area (Å²) in [6, 6.07) is 13.7. The van der Waals surface area contributed by atoms with Crippen LogP contribution in [0.1, 0.15) is 31.0 Å². The first-order valence-corrected chi connectivity index (χ1v) is 10.2. The fourth-order valence-corrected chi connectivity index (χ4v) is 3.28. The summed E-state index contributed by atoms with van der Waals surface area (Å²) in [6.07, 6.45) is 0.316. The van der Waals surface area contributed by atoms with Crippen molar-refractivity contribution in [2.75, 3.05) is 19.0 Å². The number of hydrogen-bond acceptors (Lipinski definition) is 5. The van der Waals surface area contributed by atoms with Gasteiger partial charge in [0.2, 0.25) is 0 Å². The first-order valence-electron chi connectivity index (χ1n) is 9.48. The molecule has 0 aliphatic heterocycles. The summed E-state index contributed by atoms with van der Waals surface area (Å²) >= 11 is 12.1. The molecule has 1 N–H and O–H groups in total. The highest BCUT2D eigenvalue weighted by molar-refractivity contribution is 6.35. The van der Waals surface area contributed by atoms with Crippen LogP contribution in [0.5, 0.6) is 0 Å². The average molecular weight is 460 g/mol. The lowest BCUT2D eigenvalue weighted by Gasteiger charge is -2.19. The average Bonchev–Trinajstić information content (AvgIpc) is 2.71. The fourth-order valence-electron chi connectivity index (χ4n) is 2.71. The highest BCUT2D eigenvalue weighted by atomic mass is 35.5. The smallest absolute Gasteiger partial charge is 0.349 e. The molecule has 0 unspecified atom stereocenters. The molecule has 8 heteroatoms. The SMILES string of the molecule is C[C@H](OC(=O)/C(C#N)=C\c1ccc(N(C)C)cc1)C(=O)N[C@H](C)c1ccc(Cl)cc1Cl. The van der Waals surface area contributed by atoms with E-state index in [9.17, 15) is 14.9 Å². The number of rotatable bonds is 7. The second kappa shape index (κ2) is 10.9. The van der Waals surface area contributed by atoms with E-state index in [2.05, 4.69) is 5.32 Å². The van der Waals surface area contributed by atoms with Gasteiger partial charge in [0.15, 0.2) is 6.10 Å². The molecule has 162 valence electrons. The van der Waals surface area contributed by atoms with E-state index >= 15 is 0 Å². The molecule has 1 amide bonds. The zero-order valence-electron chi connectivity index (χ0n) is 17.6. The van der Waals surface area contributed by atoms with Crippen LogP contribution >= 0.6 is 23.2 Å². The number of amides is 1. The van der Waals surface area contributed by atoms with Crippen molar-refractivity contribution >= 4 is 46.8 Å². The van der Waals surface area contributed by atoms with E-state index in [-0.39, 0.29) is 5.57 Å². The molecule has 2 aromatic carbocycles. The van der Waals surface area contributed by atoms with Gasteiger partial charge in [0.25, 0.3) is 5.91 Å². The molecule has 0 bridgehead atoms. The van der Waals surface area contributed by atoms with E-state index in [1.807, 2.05) is 37.2 Å². The molecule has 0 aliphatic rings. The standard InChI is InChI=1S/C23H23Cl2N3O3/c1-14(20-10-7-18(24)12-21(20)25)27-22(29)15(2)31-23(30)17(13-26)11-16-5-8-19(9-6-16)28(3)4/h5-12,14-15H,1-4H3,(H,27,29)/b17-11-/t14-,15+/m1/s1. The maximum Gasteiger partial charge on any atom is 0.349 e. The van der Waals surface area contributed by atoms with Gasteiger partial charge in [0.1, 0.15) is 11.6 Å². The maximum atomic E-state index is 12.4. The Morgan fingerprint density at radius 1 is 1.13 bits per heavy atom. The third-order valence-electron chi connectivity index (χ3n) is 4.50. The number of anilines is 1. The third kappa shape index (κ3) is 6.74. The van der Waals surface area contributed by atoms with Gasteiger partial charge in [-0.2, -0.15) is 5.26 Å². The predicted molar refractivity (Wildman–Crippen MR) is 123 cm³/mol. The first-order chi connectivity index (χ1) is 14.6. The topological polar surface area (TPSA) is 82.4 Å². The van der Waals surface area contributed by atoms with E-state index < -0.39 is 24.0 Å². The minimum Gasteiger partial charge on any atom is -0.448 e. The van der Waals surface area contributed by atoms with Crippen molar-refractivity contribution in [2.45, 2.75) is 26.0 Å². The highest BCUT2D eigenvalue weighted by Crippen LogP contribution is 2.26. The Hall–Kier alpha value is -3.01. The molecule has 2 aromatic rings. The number of carbonyl (C=O) groups is 2. The Labute approximate surface area is 192 Å². The summed E-state index contributed by atoms with van der Waals surface area (Å²) in [5.74, 6) is -1.39. The summed E-state index contributed by atoms with van der Waals surface area (Å²) in [6.45, 7) is 3.18. The van der Waals surface area contributed by atoms with Gasteiger partial charge >= 0.3 is 5.97 Å². The molecule has 31 heavy (non-hydrogen) atoms. The number of hydrogen-bond donors (Lipinski definition) is 1. The number of benzene rings is 2. The van der Waals surface area contributed by atoms with Gasteiger partial charge in [-0.3, -0.25) is 4.79 Å². The minimum atomic E-state index is -1.10. The summed E-state index contributed by atoms with van der Waals surface area (Å²) < 4.78 is 5.18. The van der Waals surface area contributed by atoms with Crippen LogP contribution in [-0.2, 0) is 14.3 Å². The quantitative estimate of drug-likeness (QED) is 0.366. The Bertz CT molecular complexity index is 1030. The van der Waals surface area contributed by atoms with Crippen LogP contribution in [0.15, 0.2) is 48.0 Å². The van der Waals surface area contributed by atoms with Crippen LogP contribution in [-0.4, -0.2) is 32.1 Å². The van der Waals surface area contributed by atoms with Crippen LogP contribution in [0, 0.1) is 11.3 Å². The van der Waals surface area contributed by atoms with Crippen molar-refractivity contribution in [3.05, 3.63) is 69.2 Å². The second-order valence-electron chi connectivity index (χ2n) is 7.10. The van der Waals surface area contributed by atoms with E-state index in [4.69, 9.17) is 27.9 Å². The van der Waals surface area contributed by atoms with E-state index in [0.717, 1.165) is 5.69 Å². The first kappa shape index (κ1) is 24.3. The predicted octanol–water partition coefficient (Wildman–Crippen LogP) is 4.78. The molecule has 0 saturated heterocycles. The summed E-state index contributed by atoms with van der Waals surface area (Å²) in [5, 5.41) is 13.0. The Morgan fingerprint density at radius 3 is 2.32 bits per heavy atom. The molecule has 0 spiro atoms. The van der Waals surface area contributed by atoms with Gasteiger partial charge in [-0.25, -0.2) is 4.79 Å². The number of esters is 1. The Kier molecular flexibility index (Phi) is 8.49. The van der Waals surface area contributed by atoms with Gasteiger partial charge in [-0.1, -0.05) is 41.4 Å². The van der Waals surface area contributed by atoms with Crippen LogP contribution in [0.2, 0.25) is 10.0 Å². The highest BCUT2D eigenvalue weighted by Gasteiger charge is 2.23. The number of ether oxygens (including phenoxy) is 1. The lowest BCUT2D eigenvalue weighted by atomic mass is 10.1. The molecule has 0 saturated carbocycles. The van der Waals surface area contributed by atoms with Crippen molar-refractivity contribution in [3.63, 3.8) is 0 Å². The zero-order chi connectivity index (χ0) is 23.1. The maximum absolute atomic E-state index is 12.4. The number of carbonyl (C=O) groups excluding carboxylic acids is 2. The van der Waals surface area contributed by atoms with Gasteiger partial charge in [-0.05, 0) is 55.3 Å². The number of halogens is 2. The molecule has 0 heterocycles.